The van der Waals surface area contributed by atoms with Crippen LogP contribution in [0.5, 0.6) is 0 Å². The number of fused-ring (bicyclic) bond motifs is 1. The van der Waals surface area contributed by atoms with Gasteiger partial charge in [0.1, 0.15) is 0 Å². The Morgan fingerprint density at radius 2 is 1.41 bits per heavy atom. The van der Waals surface area contributed by atoms with Crippen molar-refractivity contribution in [3.63, 3.8) is 0 Å². The van der Waals surface area contributed by atoms with Gasteiger partial charge in [-0.15, -0.1) is 0 Å². The quantitative estimate of drug-likeness (QED) is 0.265. The van der Waals surface area contributed by atoms with Gasteiger partial charge < -0.3 is 10.2 Å². The van der Waals surface area contributed by atoms with E-state index >= 15 is 0 Å². The highest BCUT2D eigenvalue weighted by Gasteiger charge is 2.32. The summed E-state index contributed by atoms with van der Waals surface area (Å²) in [5.41, 5.74) is 1.32. The number of carbonyl (C=O) groups excluding carboxylic acids is 1. The standard InChI is InChI=1S/C29H23F6N3O/c30-28(31,32)21-5-1-18(2-6-21)19-12-15-38(16-13-19)27(39)20-3-8-23(9-4-20)37-25-11-14-36-26-17-22(29(33,34)35)7-10-24(25)26/h1-11,14,17,19H,12-13,15-16H2,(H,36,37). The number of carbonyl (C=O) groups is 1. The Hall–Kier alpha value is -4.08. The molecule has 4 nitrogen and oxygen atoms in total. The van der Waals surface area contributed by atoms with E-state index in [1.54, 1.807) is 35.2 Å². The number of amides is 1. The molecule has 1 saturated heterocycles. The van der Waals surface area contributed by atoms with E-state index in [0.29, 0.717) is 48.3 Å². The van der Waals surface area contributed by atoms with Crippen LogP contribution in [0.15, 0.2) is 79.0 Å². The summed E-state index contributed by atoms with van der Waals surface area (Å²) in [5.74, 6) is -0.0493. The zero-order valence-electron chi connectivity index (χ0n) is 20.5. The number of nitrogens with zero attached hydrogens (tertiary/aromatic N) is 2. The minimum absolute atomic E-state index is 0.0882. The number of piperidine rings is 1. The molecule has 0 atom stereocenters. The summed E-state index contributed by atoms with van der Waals surface area (Å²) >= 11 is 0. The molecule has 0 bridgehead atoms. The van der Waals surface area contributed by atoms with Gasteiger partial charge in [0.25, 0.3) is 5.91 Å². The minimum Gasteiger partial charge on any atom is -0.355 e. The van der Waals surface area contributed by atoms with E-state index < -0.39 is 23.5 Å². The molecule has 0 unspecified atom stereocenters. The Morgan fingerprint density at radius 3 is 2.03 bits per heavy atom. The summed E-state index contributed by atoms with van der Waals surface area (Å²) in [5, 5.41) is 3.70. The van der Waals surface area contributed by atoms with Gasteiger partial charge in [0, 0.05) is 41.6 Å². The number of hydrogen-bond donors (Lipinski definition) is 1. The number of benzene rings is 3. The molecule has 1 aliphatic heterocycles. The molecule has 10 heteroatoms. The summed E-state index contributed by atoms with van der Waals surface area (Å²) in [7, 11) is 0. The van der Waals surface area contributed by atoms with Crippen molar-refractivity contribution in [1.29, 1.82) is 0 Å². The SMILES string of the molecule is O=C(c1ccc(Nc2ccnc3cc(C(F)(F)F)ccc23)cc1)N1CCC(c2ccc(C(F)(F)F)cc2)CC1. The minimum atomic E-state index is -4.46. The van der Waals surface area contributed by atoms with Crippen molar-refractivity contribution in [2.24, 2.45) is 0 Å². The molecule has 1 amide bonds. The van der Waals surface area contributed by atoms with Crippen LogP contribution in [-0.2, 0) is 12.4 Å². The van der Waals surface area contributed by atoms with Crippen LogP contribution in [0.4, 0.5) is 37.7 Å². The van der Waals surface area contributed by atoms with Crippen LogP contribution in [0.3, 0.4) is 0 Å². The van der Waals surface area contributed by atoms with Crippen molar-refractivity contribution in [2.45, 2.75) is 31.1 Å². The maximum absolute atomic E-state index is 13.0. The topological polar surface area (TPSA) is 45.2 Å². The first-order valence-electron chi connectivity index (χ1n) is 12.3. The summed E-state index contributed by atoms with van der Waals surface area (Å²) < 4.78 is 77.6. The van der Waals surface area contributed by atoms with E-state index in [-0.39, 0.29) is 17.3 Å². The van der Waals surface area contributed by atoms with E-state index in [1.165, 1.54) is 24.4 Å². The van der Waals surface area contributed by atoms with Crippen LogP contribution in [-0.4, -0.2) is 28.9 Å². The monoisotopic (exact) mass is 543 g/mol. The van der Waals surface area contributed by atoms with E-state index in [0.717, 1.165) is 29.8 Å². The molecule has 0 saturated carbocycles. The van der Waals surface area contributed by atoms with Crippen molar-refractivity contribution in [1.82, 2.24) is 9.88 Å². The van der Waals surface area contributed by atoms with Crippen molar-refractivity contribution in [2.75, 3.05) is 18.4 Å². The molecule has 1 fully saturated rings. The number of halogens is 6. The third-order valence-corrected chi connectivity index (χ3v) is 6.97. The predicted molar refractivity (Wildman–Crippen MR) is 136 cm³/mol. The first-order chi connectivity index (χ1) is 18.5. The lowest BCUT2D eigenvalue weighted by molar-refractivity contribution is -0.138. The molecule has 39 heavy (non-hydrogen) atoms. The van der Waals surface area contributed by atoms with Crippen LogP contribution in [0.2, 0.25) is 0 Å². The van der Waals surface area contributed by atoms with Gasteiger partial charge in [-0.3, -0.25) is 9.78 Å². The second-order valence-electron chi connectivity index (χ2n) is 9.48. The highest BCUT2D eigenvalue weighted by molar-refractivity contribution is 5.96. The Morgan fingerprint density at radius 1 is 0.795 bits per heavy atom. The first kappa shape index (κ1) is 26.5. The van der Waals surface area contributed by atoms with E-state index in [2.05, 4.69) is 10.3 Å². The molecule has 0 spiro atoms. The molecule has 202 valence electrons. The molecule has 1 aromatic heterocycles. The molecule has 1 N–H and O–H groups in total. The highest BCUT2D eigenvalue weighted by Crippen LogP contribution is 2.35. The Kier molecular flexibility index (Phi) is 6.96. The number of alkyl halides is 6. The van der Waals surface area contributed by atoms with Gasteiger partial charge >= 0.3 is 12.4 Å². The second-order valence-corrected chi connectivity index (χ2v) is 9.48. The fourth-order valence-corrected chi connectivity index (χ4v) is 4.83. The lowest BCUT2D eigenvalue weighted by Gasteiger charge is -2.32. The Balaban J connectivity index is 1.22. The van der Waals surface area contributed by atoms with E-state index in [1.807, 2.05) is 0 Å². The van der Waals surface area contributed by atoms with Gasteiger partial charge in [-0.05, 0) is 78.9 Å². The van der Waals surface area contributed by atoms with Crippen LogP contribution >= 0.6 is 0 Å². The lowest BCUT2D eigenvalue weighted by Crippen LogP contribution is -2.37. The van der Waals surface area contributed by atoms with Crippen LogP contribution in [0, 0.1) is 0 Å². The van der Waals surface area contributed by atoms with Crippen LogP contribution < -0.4 is 5.32 Å². The number of rotatable bonds is 4. The highest BCUT2D eigenvalue weighted by atomic mass is 19.4. The summed E-state index contributed by atoms with van der Waals surface area (Å²) in [6.07, 6.45) is -6.09. The van der Waals surface area contributed by atoms with E-state index in [4.69, 9.17) is 0 Å². The number of pyridine rings is 1. The molecular weight excluding hydrogens is 520 g/mol. The summed E-state index contributed by atoms with van der Waals surface area (Å²) in [4.78, 5) is 18.8. The third-order valence-electron chi connectivity index (χ3n) is 6.97. The smallest absolute Gasteiger partial charge is 0.355 e. The maximum atomic E-state index is 13.0. The largest absolute Gasteiger partial charge is 0.416 e. The number of likely N-dealkylation sites (tertiary alicyclic amines) is 1. The molecule has 4 aromatic rings. The number of hydrogen-bond acceptors (Lipinski definition) is 3. The zero-order chi connectivity index (χ0) is 27.8. The normalized spacial score (nSPS) is 15.0. The van der Waals surface area contributed by atoms with Gasteiger partial charge in [-0.2, -0.15) is 26.3 Å². The van der Waals surface area contributed by atoms with Crippen LogP contribution in [0.1, 0.15) is 45.8 Å². The van der Waals surface area contributed by atoms with Gasteiger partial charge in [-0.25, -0.2) is 0 Å². The fourth-order valence-electron chi connectivity index (χ4n) is 4.83. The van der Waals surface area contributed by atoms with Gasteiger partial charge in [0.2, 0.25) is 0 Å². The number of anilines is 2. The van der Waals surface area contributed by atoms with E-state index in [9.17, 15) is 31.1 Å². The molecule has 2 heterocycles. The Labute approximate surface area is 220 Å². The fraction of sp³-hybridized carbons (Fsp3) is 0.241. The zero-order valence-corrected chi connectivity index (χ0v) is 20.5. The Bertz CT molecular complexity index is 1470. The number of aromatic nitrogens is 1. The van der Waals surface area contributed by atoms with Crippen molar-refractivity contribution in [3.8, 4) is 0 Å². The lowest BCUT2D eigenvalue weighted by atomic mass is 9.88. The molecule has 1 aliphatic rings. The van der Waals surface area contributed by atoms with Crippen LogP contribution in [0.25, 0.3) is 10.9 Å². The second kappa shape index (κ2) is 10.2. The van der Waals surface area contributed by atoms with Gasteiger partial charge in [-0.1, -0.05) is 18.2 Å². The van der Waals surface area contributed by atoms with Crippen molar-refractivity contribution < 1.29 is 31.1 Å². The average Bonchev–Trinajstić information content (AvgIpc) is 2.92. The molecular formula is C29H23F6N3O. The first-order valence-corrected chi connectivity index (χ1v) is 12.3. The molecule has 5 rings (SSSR count). The van der Waals surface area contributed by atoms with Crippen molar-refractivity contribution >= 4 is 28.2 Å². The van der Waals surface area contributed by atoms with Crippen molar-refractivity contribution in [3.05, 3.63) is 101 Å². The summed E-state index contributed by atoms with van der Waals surface area (Å²) in [6, 6.07) is 17.1. The van der Waals surface area contributed by atoms with Gasteiger partial charge in [0.05, 0.1) is 16.6 Å². The molecule has 0 aliphatic carbocycles. The van der Waals surface area contributed by atoms with Gasteiger partial charge in [0.15, 0.2) is 0 Å². The third kappa shape index (κ3) is 5.84. The maximum Gasteiger partial charge on any atom is 0.416 e. The molecule has 3 aromatic carbocycles. The predicted octanol–water partition coefficient (Wildman–Crippen LogP) is 8.04. The average molecular weight is 544 g/mol. The molecule has 0 radical (unpaired) electrons. The summed E-state index contributed by atoms with van der Waals surface area (Å²) in [6.45, 7) is 0.987. The number of nitrogens with one attached hydrogen (secondary N) is 1.